The molecule has 2 aromatic rings. The van der Waals surface area contributed by atoms with Crippen molar-refractivity contribution < 1.29 is 36.3 Å². The number of hydrogen-bond acceptors (Lipinski definition) is 3. The first kappa shape index (κ1) is 19.1. The molecule has 0 aromatic heterocycles. The van der Waals surface area contributed by atoms with E-state index in [0.29, 0.717) is 5.56 Å². The Morgan fingerprint density at radius 1 is 0.885 bits per heavy atom. The van der Waals surface area contributed by atoms with Crippen LogP contribution in [0.1, 0.15) is 5.56 Å². The maximum Gasteiger partial charge on any atom is 0.331 e. The molecular formula is C17H10F5NO3. The van der Waals surface area contributed by atoms with Gasteiger partial charge in [0.05, 0.1) is 0 Å². The Morgan fingerprint density at radius 2 is 1.42 bits per heavy atom. The number of hydrogen-bond donors (Lipinski definition) is 1. The summed E-state index contributed by atoms with van der Waals surface area (Å²) in [7, 11) is 0. The predicted octanol–water partition coefficient (Wildman–Crippen LogP) is 3.58. The lowest BCUT2D eigenvalue weighted by Gasteiger charge is -2.09. The lowest BCUT2D eigenvalue weighted by atomic mass is 10.2. The van der Waals surface area contributed by atoms with Gasteiger partial charge in [0, 0.05) is 6.08 Å². The van der Waals surface area contributed by atoms with Crippen molar-refractivity contribution in [3.63, 3.8) is 0 Å². The van der Waals surface area contributed by atoms with Crippen molar-refractivity contribution in [1.29, 1.82) is 0 Å². The van der Waals surface area contributed by atoms with Gasteiger partial charge >= 0.3 is 5.97 Å². The molecule has 136 valence electrons. The average Bonchev–Trinajstić information content (AvgIpc) is 2.65. The summed E-state index contributed by atoms with van der Waals surface area (Å²) in [6, 6.07) is 8.60. The van der Waals surface area contributed by atoms with Gasteiger partial charge in [-0.15, -0.1) is 0 Å². The third-order valence-electron chi connectivity index (χ3n) is 3.03. The van der Waals surface area contributed by atoms with E-state index in [0.717, 1.165) is 6.08 Å². The van der Waals surface area contributed by atoms with E-state index in [1.165, 1.54) is 11.4 Å². The van der Waals surface area contributed by atoms with E-state index in [1.807, 2.05) is 0 Å². The molecular weight excluding hydrogens is 361 g/mol. The molecule has 0 saturated heterocycles. The third kappa shape index (κ3) is 4.44. The summed E-state index contributed by atoms with van der Waals surface area (Å²) >= 11 is 0. The molecule has 9 heteroatoms. The zero-order valence-electron chi connectivity index (χ0n) is 12.9. The molecule has 0 aliphatic rings. The van der Waals surface area contributed by atoms with E-state index in [2.05, 4.69) is 4.74 Å². The second-order valence-corrected chi connectivity index (χ2v) is 4.84. The maximum atomic E-state index is 13.4. The van der Waals surface area contributed by atoms with Crippen molar-refractivity contribution in [3.05, 3.63) is 71.1 Å². The standard InChI is InChI=1S/C17H10F5NO3/c18-12-13(19)15(21)17(16(22)14(12)20)23-10(24)8-26-11(25)7-6-9-4-2-1-3-5-9/h1-7H,8H2,(H,23,24)/b7-6+. The molecule has 2 aromatic carbocycles. The first-order valence-electron chi connectivity index (χ1n) is 7.02. The molecule has 4 nitrogen and oxygen atoms in total. The Bertz CT molecular complexity index is 839. The Hall–Kier alpha value is -3.23. The summed E-state index contributed by atoms with van der Waals surface area (Å²) in [6.45, 7) is -0.989. The van der Waals surface area contributed by atoms with Gasteiger partial charge in [-0.1, -0.05) is 30.3 Å². The average molecular weight is 371 g/mol. The molecule has 0 bridgehead atoms. The molecule has 0 aliphatic carbocycles. The van der Waals surface area contributed by atoms with Crippen molar-refractivity contribution in [2.24, 2.45) is 0 Å². The van der Waals surface area contributed by atoms with Gasteiger partial charge in [-0.2, -0.15) is 0 Å². The summed E-state index contributed by atoms with van der Waals surface area (Å²) in [5.41, 5.74) is -0.849. The van der Waals surface area contributed by atoms with Gasteiger partial charge in [0.2, 0.25) is 5.82 Å². The first-order valence-corrected chi connectivity index (χ1v) is 7.02. The molecule has 1 N–H and O–H groups in total. The van der Waals surface area contributed by atoms with E-state index >= 15 is 0 Å². The zero-order chi connectivity index (χ0) is 19.3. The minimum atomic E-state index is -2.35. The quantitative estimate of drug-likeness (QED) is 0.287. The monoisotopic (exact) mass is 371 g/mol. The van der Waals surface area contributed by atoms with Gasteiger partial charge in [-0.05, 0) is 11.6 Å². The second kappa shape index (κ2) is 8.24. The van der Waals surface area contributed by atoms with Crippen LogP contribution in [0.3, 0.4) is 0 Å². The molecule has 0 unspecified atom stereocenters. The van der Waals surface area contributed by atoms with Crippen LogP contribution in [0.15, 0.2) is 36.4 Å². The number of halogens is 5. The van der Waals surface area contributed by atoms with Gasteiger partial charge in [-0.3, -0.25) is 4.79 Å². The number of nitrogens with one attached hydrogen (secondary N) is 1. The Kier molecular flexibility index (Phi) is 6.05. The lowest BCUT2D eigenvalue weighted by Crippen LogP contribution is -2.22. The van der Waals surface area contributed by atoms with Gasteiger partial charge in [-0.25, -0.2) is 26.7 Å². The van der Waals surface area contributed by atoms with E-state index in [4.69, 9.17) is 0 Å². The van der Waals surface area contributed by atoms with Crippen molar-refractivity contribution >= 4 is 23.6 Å². The maximum absolute atomic E-state index is 13.4. The molecule has 26 heavy (non-hydrogen) atoms. The van der Waals surface area contributed by atoms with Crippen LogP contribution < -0.4 is 5.32 Å². The van der Waals surface area contributed by atoms with Crippen LogP contribution >= 0.6 is 0 Å². The highest BCUT2D eigenvalue weighted by Gasteiger charge is 2.26. The summed E-state index contributed by atoms with van der Waals surface area (Å²) in [4.78, 5) is 23.0. The van der Waals surface area contributed by atoms with Crippen molar-refractivity contribution in [3.8, 4) is 0 Å². The molecule has 0 radical (unpaired) electrons. The van der Waals surface area contributed by atoms with Crippen molar-refractivity contribution in [1.82, 2.24) is 0 Å². The fraction of sp³-hybridized carbons (Fsp3) is 0.0588. The van der Waals surface area contributed by atoms with E-state index in [1.54, 1.807) is 30.3 Å². The number of esters is 1. The SMILES string of the molecule is O=C(COC(=O)/C=C/c1ccccc1)Nc1c(F)c(F)c(F)c(F)c1F. The van der Waals surface area contributed by atoms with Crippen LogP contribution in [0.4, 0.5) is 27.6 Å². The largest absolute Gasteiger partial charge is 0.452 e. The number of rotatable bonds is 5. The minimum Gasteiger partial charge on any atom is -0.452 e. The highest BCUT2D eigenvalue weighted by molar-refractivity contribution is 5.94. The molecule has 0 atom stereocenters. The molecule has 0 fully saturated rings. The number of carbonyl (C=O) groups excluding carboxylic acids is 2. The normalized spacial score (nSPS) is 10.8. The molecule has 0 heterocycles. The van der Waals surface area contributed by atoms with E-state index in [-0.39, 0.29) is 0 Å². The second-order valence-electron chi connectivity index (χ2n) is 4.84. The number of amides is 1. The topological polar surface area (TPSA) is 55.4 Å². The van der Waals surface area contributed by atoms with Crippen LogP contribution in [0, 0.1) is 29.1 Å². The van der Waals surface area contributed by atoms with Crippen LogP contribution in [0.5, 0.6) is 0 Å². The van der Waals surface area contributed by atoms with Gasteiger partial charge in [0.25, 0.3) is 5.91 Å². The lowest BCUT2D eigenvalue weighted by molar-refractivity contribution is -0.142. The van der Waals surface area contributed by atoms with Crippen LogP contribution in [0.25, 0.3) is 6.08 Å². The number of carbonyl (C=O) groups is 2. The molecule has 0 spiro atoms. The summed E-state index contributed by atoms with van der Waals surface area (Å²) in [6.07, 6.45) is 2.39. The van der Waals surface area contributed by atoms with E-state index in [9.17, 15) is 31.5 Å². The third-order valence-corrected chi connectivity index (χ3v) is 3.03. The number of anilines is 1. The molecule has 0 saturated carbocycles. The fourth-order valence-corrected chi connectivity index (χ4v) is 1.80. The van der Waals surface area contributed by atoms with Gasteiger partial charge < -0.3 is 10.1 Å². The Balaban J connectivity index is 1.97. The smallest absolute Gasteiger partial charge is 0.331 e. The van der Waals surface area contributed by atoms with Gasteiger partial charge in [0.1, 0.15) is 5.69 Å². The van der Waals surface area contributed by atoms with Crippen LogP contribution in [-0.2, 0) is 14.3 Å². The van der Waals surface area contributed by atoms with Crippen LogP contribution in [0.2, 0.25) is 0 Å². The highest BCUT2D eigenvalue weighted by Crippen LogP contribution is 2.26. The summed E-state index contributed by atoms with van der Waals surface area (Å²) in [5, 5.41) is 1.48. The van der Waals surface area contributed by atoms with Crippen LogP contribution in [-0.4, -0.2) is 18.5 Å². The molecule has 1 amide bonds. The minimum absolute atomic E-state index is 0.676. The summed E-state index contributed by atoms with van der Waals surface area (Å²) < 4.78 is 70.3. The Labute approximate surface area is 143 Å². The Morgan fingerprint density at radius 3 is 2.00 bits per heavy atom. The molecule has 0 aliphatic heterocycles. The summed E-state index contributed by atoms with van der Waals surface area (Å²) in [5.74, 6) is -13.4. The van der Waals surface area contributed by atoms with Gasteiger partial charge in [0.15, 0.2) is 29.9 Å². The van der Waals surface area contributed by atoms with Crippen molar-refractivity contribution in [2.45, 2.75) is 0 Å². The highest BCUT2D eigenvalue weighted by atomic mass is 19.2. The zero-order valence-corrected chi connectivity index (χ0v) is 12.9. The number of benzene rings is 2. The fourth-order valence-electron chi connectivity index (χ4n) is 1.80. The molecule has 2 rings (SSSR count). The van der Waals surface area contributed by atoms with E-state index < -0.39 is 53.3 Å². The van der Waals surface area contributed by atoms with Crippen molar-refractivity contribution in [2.75, 3.05) is 11.9 Å². The first-order chi connectivity index (χ1) is 12.3. The number of ether oxygens (including phenoxy) is 1. The predicted molar refractivity (Wildman–Crippen MR) is 81.3 cm³/mol.